The SMILES string of the molecule is CC(C)C1=C[C@@]23CC[C@@H]4[C@](C)(CCC[C@@]4(C)C(=O)O)[C@@H]2C[C@@H]1[C@H]1C(=O)OC(=O)[C@@H]13. The molecular weight excluding hydrogens is 368 g/mol. The highest BCUT2D eigenvalue weighted by Crippen LogP contribution is 2.74. The Morgan fingerprint density at radius 3 is 2.52 bits per heavy atom. The number of esters is 2. The summed E-state index contributed by atoms with van der Waals surface area (Å²) in [4.78, 5) is 37.8. The number of rotatable bonds is 2. The highest BCUT2D eigenvalue weighted by molar-refractivity contribution is 5.98. The molecule has 3 saturated carbocycles. The highest BCUT2D eigenvalue weighted by Gasteiger charge is 2.73. The van der Waals surface area contributed by atoms with Crippen molar-refractivity contribution in [1.82, 2.24) is 0 Å². The molecule has 8 atom stereocenters. The first-order valence-electron chi connectivity index (χ1n) is 11.3. The van der Waals surface area contributed by atoms with E-state index in [-0.39, 0.29) is 52.4 Å². The van der Waals surface area contributed by atoms with Crippen LogP contribution >= 0.6 is 0 Å². The van der Waals surface area contributed by atoms with Crippen LogP contribution in [0.25, 0.3) is 0 Å². The lowest BCUT2D eigenvalue weighted by molar-refractivity contribution is -0.195. The van der Waals surface area contributed by atoms with E-state index in [9.17, 15) is 19.5 Å². The van der Waals surface area contributed by atoms with Gasteiger partial charge in [-0.2, -0.15) is 0 Å². The zero-order valence-electron chi connectivity index (χ0n) is 17.9. The molecule has 0 aromatic carbocycles. The standard InChI is InChI=1S/C24H32O5/c1-12(2)14-11-24-9-6-15-22(3,7-5-8-23(15,4)21(27)28)16(24)10-13(14)17-18(24)20(26)29-19(17)25/h11-13,15-18H,5-10H2,1-4H3,(H,27,28)/t13-,15+,16-,17+,18+,22-,23+,24-/m0/s1. The van der Waals surface area contributed by atoms with Crippen molar-refractivity contribution in [3.8, 4) is 0 Å². The van der Waals surface area contributed by atoms with E-state index < -0.39 is 11.4 Å². The molecule has 29 heavy (non-hydrogen) atoms. The van der Waals surface area contributed by atoms with Crippen LogP contribution in [0.3, 0.4) is 0 Å². The molecule has 158 valence electrons. The van der Waals surface area contributed by atoms with E-state index in [1.165, 1.54) is 5.57 Å². The number of allylic oxidation sites excluding steroid dienone is 2. The van der Waals surface area contributed by atoms with E-state index in [0.717, 1.165) is 38.5 Å². The molecule has 1 spiro atoms. The molecule has 2 bridgehead atoms. The van der Waals surface area contributed by atoms with Gasteiger partial charge in [-0.15, -0.1) is 0 Å². The average molecular weight is 401 g/mol. The fourth-order valence-corrected chi connectivity index (χ4v) is 8.76. The maximum Gasteiger partial charge on any atom is 0.318 e. The number of hydrogen-bond acceptors (Lipinski definition) is 4. The van der Waals surface area contributed by atoms with Gasteiger partial charge < -0.3 is 9.84 Å². The van der Waals surface area contributed by atoms with E-state index in [1.807, 2.05) is 6.92 Å². The number of ether oxygens (including phenoxy) is 1. The largest absolute Gasteiger partial charge is 0.481 e. The predicted octanol–water partition coefficient (Wildman–Crippen LogP) is 4.21. The molecule has 0 aromatic rings. The summed E-state index contributed by atoms with van der Waals surface area (Å²) in [6, 6.07) is 0. The lowest BCUT2D eigenvalue weighted by Gasteiger charge is -2.68. The van der Waals surface area contributed by atoms with Crippen molar-refractivity contribution in [2.24, 2.45) is 51.8 Å². The van der Waals surface area contributed by atoms with Crippen LogP contribution in [0.5, 0.6) is 0 Å². The number of aliphatic carboxylic acids is 1. The minimum atomic E-state index is -0.707. The zero-order chi connectivity index (χ0) is 20.9. The molecule has 1 N–H and O–H groups in total. The summed E-state index contributed by atoms with van der Waals surface area (Å²) in [6.07, 6.45) is 7.48. The average Bonchev–Trinajstić information content (AvgIpc) is 2.97. The van der Waals surface area contributed by atoms with Gasteiger partial charge in [-0.1, -0.05) is 38.8 Å². The molecule has 6 aliphatic rings. The van der Waals surface area contributed by atoms with Crippen molar-refractivity contribution in [2.45, 2.75) is 66.2 Å². The number of carbonyl (C=O) groups excluding carboxylic acids is 2. The van der Waals surface area contributed by atoms with Gasteiger partial charge in [0.05, 0.1) is 17.3 Å². The van der Waals surface area contributed by atoms with Crippen LogP contribution < -0.4 is 0 Å². The van der Waals surface area contributed by atoms with Gasteiger partial charge in [-0.05, 0) is 68.1 Å². The Balaban J connectivity index is 1.67. The maximum atomic E-state index is 12.9. The topological polar surface area (TPSA) is 80.7 Å². The first-order valence-corrected chi connectivity index (χ1v) is 11.3. The van der Waals surface area contributed by atoms with Crippen LogP contribution in [0.4, 0.5) is 0 Å². The minimum Gasteiger partial charge on any atom is -0.481 e. The Morgan fingerprint density at radius 1 is 1.14 bits per heavy atom. The molecule has 0 amide bonds. The molecule has 4 fully saturated rings. The summed E-state index contributed by atoms with van der Waals surface area (Å²) in [5.74, 6) is -1.33. The van der Waals surface area contributed by atoms with Crippen molar-refractivity contribution in [3.05, 3.63) is 11.6 Å². The van der Waals surface area contributed by atoms with Crippen LogP contribution in [-0.4, -0.2) is 23.0 Å². The maximum absolute atomic E-state index is 12.9. The van der Waals surface area contributed by atoms with Crippen molar-refractivity contribution in [2.75, 3.05) is 0 Å². The molecule has 0 aromatic heterocycles. The van der Waals surface area contributed by atoms with Crippen molar-refractivity contribution in [1.29, 1.82) is 0 Å². The summed E-state index contributed by atoms with van der Waals surface area (Å²) in [6.45, 7) is 8.56. The predicted molar refractivity (Wildman–Crippen MR) is 105 cm³/mol. The van der Waals surface area contributed by atoms with Crippen LogP contribution in [-0.2, 0) is 19.1 Å². The lowest BCUT2D eigenvalue weighted by atomic mass is 9.34. The number of carboxylic acid groups (broad SMARTS) is 1. The van der Waals surface area contributed by atoms with E-state index in [1.54, 1.807) is 0 Å². The molecule has 5 heteroatoms. The second-order valence-electron chi connectivity index (χ2n) is 11.2. The van der Waals surface area contributed by atoms with Crippen LogP contribution in [0.2, 0.25) is 0 Å². The number of carbonyl (C=O) groups is 3. The normalized spacial score (nSPS) is 50.5. The highest BCUT2D eigenvalue weighted by atomic mass is 16.6. The van der Waals surface area contributed by atoms with E-state index in [4.69, 9.17) is 4.74 Å². The van der Waals surface area contributed by atoms with Gasteiger partial charge in [-0.25, -0.2) is 0 Å². The third-order valence-corrected chi connectivity index (χ3v) is 9.89. The lowest BCUT2D eigenvalue weighted by Crippen LogP contribution is -2.65. The molecule has 1 heterocycles. The Kier molecular flexibility index (Phi) is 3.82. The fourth-order valence-electron chi connectivity index (χ4n) is 8.76. The number of carboxylic acids is 1. The summed E-state index contributed by atoms with van der Waals surface area (Å²) < 4.78 is 5.20. The second kappa shape index (κ2) is 5.73. The van der Waals surface area contributed by atoms with Gasteiger partial charge in [0.15, 0.2) is 0 Å². The number of fused-ring (bicyclic) bond motifs is 1. The molecular formula is C24H32O5. The summed E-state index contributed by atoms with van der Waals surface area (Å²) in [7, 11) is 0. The Hall–Kier alpha value is -1.65. The number of cyclic esters (lactones) is 2. The van der Waals surface area contributed by atoms with Crippen LogP contribution in [0, 0.1) is 51.8 Å². The number of hydrogen-bond donors (Lipinski definition) is 1. The second-order valence-corrected chi connectivity index (χ2v) is 11.2. The Bertz CT molecular complexity index is 842. The van der Waals surface area contributed by atoms with Gasteiger partial charge in [0, 0.05) is 5.41 Å². The molecule has 5 aliphatic carbocycles. The van der Waals surface area contributed by atoms with Crippen LogP contribution in [0.15, 0.2) is 11.6 Å². The van der Waals surface area contributed by atoms with E-state index >= 15 is 0 Å². The van der Waals surface area contributed by atoms with Gasteiger partial charge >= 0.3 is 17.9 Å². The van der Waals surface area contributed by atoms with Gasteiger partial charge in [0.2, 0.25) is 0 Å². The zero-order valence-corrected chi connectivity index (χ0v) is 17.9. The molecule has 5 nitrogen and oxygen atoms in total. The smallest absolute Gasteiger partial charge is 0.318 e. The Morgan fingerprint density at radius 2 is 1.86 bits per heavy atom. The summed E-state index contributed by atoms with van der Waals surface area (Å²) in [5.41, 5.74) is 0.122. The third kappa shape index (κ3) is 2.14. The first-order chi connectivity index (χ1) is 13.6. The fraction of sp³-hybridized carbons (Fsp3) is 0.792. The molecule has 1 aliphatic heterocycles. The van der Waals surface area contributed by atoms with Crippen LogP contribution in [0.1, 0.15) is 66.2 Å². The van der Waals surface area contributed by atoms with Gasteiger partial charge in [0.25, 0.3) is 0 Å². The third-order valence-electron chi connectivity index (χ3n) is 9.89. The molecule has 0 radical (unpaired) electrons. The van der Waals surface area contributed by atoms with Gasteiger partial charge in [-0.3, -0.25) is 14.4 Å². The van der Waals surface area contributed by atoms with Crippen molar-refractivity contribution < 1.29 is 24.2 Å². The van der Waals surface area contributed by atoms with Gasteiger partial charge in [0.1, 0.15) is 0 Å². The van der Waals surface area contributed by atoms with Crippen molar-refractivity contribution in [3.63, 3.8) is 0 Å². The quantitative estimate of drug-likeness (QED) is 0.427. The monoisotopic (exact) mass is 400 g/mol. The Labute approximate surface area is 172 Å². The first kappa shape index (κ1) is 19.3. The minimum absolute atomic E-state index is 0.0550. The summed E-state index contributed by atoms with van der Waals surface area (Å²) in [5, 5.41) is 10.1. The van der Waals surface area contributed by atoms with E-state index in [2.05, 4.69) is 26.8 Å². The molecule has 6 rings (SSSR count). The van der Waals surface area contributed by atoms with Crippen molar-refractivity contribution >= 4 is 17.9 Å². The van der Waals surface area contributed by atoms with E-state index in [0.29, 0.717) is 5.92 Å². The summed E-state index contributed by atoms with van der Waals surface area (Å²) >= 11 is 0. The molecule has 0 unspecified atom stereocenters. The molecule has 1 saturated heterocycles.